The normalized spacial score (nSPS) is 15.7. The molecule has 8 heteroatoms. The van der Waals surface area contributed by atoms with Crippen LogP contribution >= 0.6 is 0 Å². The van der Waals surface area contributed by atoms with E-state index in [0.717, 1.165) is 22.1 Å². The predicted molar refractivity (Wildman–Crippen MR) is 106 cm³/mol. The lowest BCUT2D eigenvalue weighted by molar-refractivity contribution is -0.122. The Kier molecular flexibility index (Phi) is 4.52. The first-order valence-corrected chi connectivity index (χ1v) is 8.89. The summed E-state index contributed by atoms with van der Waals surface area (Å²) in [6.07, 6.45) is 6.11. The van der Waals surface area contributed by atoms with E-state index in [0.29, 0.717) is 5.56 Å². The van der Waals surface area contributed by atoms with Crippen molar-refractivity contribution in [2.24, 2.45) is 0 Å². The van der Waals surface area contributed by atoms with E-state index in [1.165, 1.54) is 18.5 Å². The number of barbiturate groups is 1. The summed E-state index contributed by atoms with van der Waals surface area (Å²) in [7, 11) is 0. The van der Waals surface area contributed by atoms with Crippen LogP contribution in [0.1, 0.15) is 17.0 Å². The molecule has 0 atom stereocenters. The fourth-order valence-electron chi connectivity index (χ4n) is 3.31. The minimum absolute atomic E-state index is 0.130. The highest BCUT2D eigenvalue weighted by molar-refractivity contribution is 6.39. The van der Waals surface area contributed by atoms with Crippen LogP contribution in [0.25, 0.3) is 11.9 Å². The van der Waals surface area contributed by atoms with Gasteiger partial charge in [-0.05, 0) is 55.8 Å². The number of nitrogens with one attached hydrogen (secondary N) is 1. The molecule has 3 aromatic heterocycles. The second-order valence-electron chi connectivity index (χ2n) is 6.52. The summed E-state index contributed by atoms with van der Waals surface area (Å²) in [4.78, 5) is 46.8. The van der Waals surface area contributed by atoms with Gasteiger partial charge in [0.1, 0.15) is 11.4 Å². The quantitative estimate of drug-likeness (QED) is 0.550. The topological polar surface area (TPSA) is 97.2 Å². The average Bonchev–Trinajstić information content (AvgIpc) is 2.99. The molecule has 4 rings (SSSR count). The summed E-state index contributed by atoms with van der Waals surface area (Å²) in [5.74, 6) is -0.698. The van der Waals surface area contributed by atoms with E-state index in [2.05, 4.69) is 15.3 Å². The molecule has 0 aliphatic carbocycles. The number of nitrogens with zero attached hydrogens (tertiary/aromatic N) is 4. The summed E-state index contributed by atoms with van der Waals surface area (Å²) in [6, 6.07) is 9.83. The summed E-state index contributed by atoms with van der Waals surface area (Å²) >= 11 is 0. The average molecular weight is 387 g/mol. The zero-order chi connectivity index (χ0) is 20.5. The van der Waals surface area contributed by atoms with Gasteiger partial charge in [-0.15, -0.1) is 0 Å². The number of amides is 4. The molecule has 4 heterocycles. The Morgan fingerprint density at radius 3 is 2.55 bits per heavy atom. The molecular weight excluding hydrogens is 370 g/mol. The smallest absolute Gasteiger partial charge is 0.303 e. The molecule has 0 radical (unpaired) electrons. The molecule has 0 unspecified atom stereocenters. The Hall–Kier alpha value is -4.07. The van der Waals surface area contributed by atoms with Gasteiger partial charge in [-0.3, -0.25) is 19.9 Å². The number of anilines is 1. The minimum Gasteiger partial charge on any atom is -0.303 e. The lowest BCUT2D eigenvalue weighted by Gasteiger charge is -2.26. The molecule has 0 saturated carbocycles. The standard InChI is InChI=1S/C21H17N5O3/c1-13-10-15(14(2)25(13)18-7-3-4-9-23-18)11-17-19(27)24-21(29)26(20(17)28)16-6-5-8-22-12-16/h3-12H,1-2H3,(H,24,27,29)/b17-11+. The summed E-state index contributed by atoms with van der Waals surface area (Å²) in [5, 5.41) is 2.21. The number of urea groups is 1. The molecule has 1 aliphatic rings. The van der Waals surface area contributed by atoms with Crippen molar-refractivity contribution in [1.82, 2.24) is 19.9 Å². The first-order valence-electron chi connectivity index (χ1n) is 8.89. The van der Waals surface area contributed by atoms with Gasteiger partial charge in [-0.2, -0.15) is 0 Å². The largest absolute Gasteiger partial charge is 0.336 e. The van der Waals surface area contributed by atoms with Crippen LogP contribution in [0.5, 0.6) is 0 Å². The highest BCUT2D eigenvalue weighted by atomic mass is 16.2. The van der Waals surface area contributed by atoms with Crippen molar-refractivity contribution in [3.8, 4) is 5.82 Å². The number of aryl methyl sites for hydroxylation is 1. The maximum absolute atomic E-state index is 13.0. The molecule has 3 aromatic rings. The highest BCUT2D eigenvalue weighted by Gasteiger charge is 2.37. The van der Waals surface area contributed by atoms with Crippen molar-refractivity contribution in [2.45, 2.75) is 13.8 Å². The number of carbonyl (C=O) groups excluding carboxylic acids is 3. The van der Waals surface area contributed by atoms with E-state index in [1.807, 2.05) is 42.7 Å². The molecule has 1 N–H and O–H groups in total. The molecule has 0 bridgehead atoms. The number of carbonyl (C=O) groups is 3. The van der Waals surface area contributed by atoms with Gasteiger partial charge in [0.2, 0.25) is 0 Å². The third-order valence-electron chi connectivity index (χ3n) is 4.65. The van der Waals surface area contributed by atoms with Gasteiger partial charge in [0.25, 0.3) is 11.8 Å². The lowest BCUT2D eigenvalue weighted by Crippen LogP contribution is -2.54. The van der Waals surface area contributed by atoms with Crippen LogP contribution in [0.2, 0.25) is 0 Å². The van der Waals surface area contributed by atoms with Crippen LogP contribution in [0.3, 0.4) is 0 Å². The lowest BCUT2D eigenvalue weighted by atomic mass is 10.1. The van der Waals surface area contributed by atoms with Gasteiger partial charge in [0.15, 0.2) is 0 Å². The number of rotatable bonds is 3. The van der Waals surface area contributed by atoms with Gasteiger partial charge < -0.3 is 4.57 Å². The zero-order valence-electron chi connectivity index (χ0n) is 15.8. The van der Waals surface area contributed by atoms with E-state index in [1.54, 1.807) is 18.3 Å². The maximum Gasteiger partial charge on any atom is 0.336 e. The maximum atomic E-state index is 13.0. The van der Waals surface area contributed by atoms with Crippen molar-refractivity contribution in [2.75, 3.05) is 4.90 Å². The van der Waals surface area contributed by atoms with Crippen LogP contribution in [0.15, 0.2) is 60.6 Å². The summed E-state index contributed by atoms with van der Waals surface area (Å²) < 4.78 is 1.93. The molecular formula is C21H17N5O3. The Morgan fingerprint density at radius 1 is 1.03 bits per heavy atom. The molecule has 144 valence electrons. The fraction of sp³-hybridized carbons (Fsp3) is 0.0952. The number of pyridine rings is 2. The number of aromatic nitrogens is 3. The van der Waals surface area contributed by atoms with E-state index in [9.17, 15) is 14.4 Å². The second kappa shape index (κ2) is 7.16. The van der Waals surface area contributed by atoms with Crippen molar-refractivity contribution in [3.63, 3.8) is 0 Å². The molecule has 29 heavy (non-hydrogen) atoms. The Morgan fingerprint density at radius 2 is 1.86 bits per heavy atom. The van der Waals surface area contributed by atoms with E-state index < -0.39 is 17.8 Å². The summed E-state index contributed by atoms with van der Waals surface area (Å²) in [5.41, 5.74) is 2.56. The number of imide groups is 2. The van der Waals surface area contributed by atoms with Gasteiger partial charge in [0, 0.05) is 23.8 Å². The summed E-state index contributed by atoms with van der Waals surface area (Å²) in [6.45, 7) is 3.79. The monoisotopic (exact) mass is 387 g/mol. The zero-order valence-corrected chi connectivity index (χ0v) is 15.8. The molecule has 4 amide bonds. The van der Waals surface area contributed by atoms with Crippen LogP contribution in [-0.4, -0.2) is 32.4 Å². The Labute approximate surface area is 166 Å². The Balaban J connectivity index is 1.77. The molecule has 8 nitrogen and oxygen atoms in total. The van der Waals surface area contributed by atoms with Gasteiger partial charge in [0.05, 0.1) is 11.9 Å². The first kappa shape index (κ1) is 18.3. The SMILES string of the molecule is Cc1cc(/C=C2\C(=O)NC(=O)N(c3cccnc3)C2=O)c(C)n1-c1ccccn1. The molecule has 0 spiro atoms. The highest BCUT2D eigenvalue weighted by Crippen LogP contribution is 2.25. The first-order chi connectivity index (χ1) is 14.0. The second-order valence-corrected chi connectivity index (χ2v) is 6.52. The van der Waals surface area contributed by atoms with Gasteiger partial charge in [-0.25, -0.2) is 14.7 Å². The van der Waals surface area contributed by atoms with E-state index in [-0.39, 0.29) is 11.3 Å². The van der Waals surface area contributed by atoms with Crippen molar-refractivity contribution in [1.29, 1.82) is 0 Å². The van der Waals surface area contributed by atoms with Crippen LogP contribution in [0, 0.1) is 13.8 Å². The van der Waals surface area contributed by atoms with Gasteiger partial charge >= 0.3 is 6.03 Å². The Bertz CT molecular complexity index is 1150. The van der Waals surface area contributed by atoms with Crippen LogP contribution in [0.4, 0.5) is 10.5 Å². The number of hydrogen-bond acceptors (Lipinski definition) is 5. The minimum atomic E-state index is -0.802. The van der Waals surface area contributed by atoms with Crippen molar-refractivity contribution in [3.05, 3.63) is 77.5 Å². The molecule has 0 aromatic carbocycles. The molecule has 1 aliphatic heterocycles. The molecule has 1 saturated heterocycles. The third-order valence-corrected chi connectivity index (χ3v) is 4.65. The molecule has 1 fully saturated rings. The van der Waals surface area contributed by atoms with E-state index >= 15 is 0 Å². The van der Waals surface area contributed by atoms with Gasteiger partial charge in [-0.1, -0.05) is 6.07 Å². The number of hydrogen-bond donors (Lipinski definition) is 1. The third kappa shape index (κ3) is 3.20. The van der Waals surface area contributed by atoms with Crippen molar-refractivity contribution >= 4 is 29.6 Å². The van der Waals surface area contributed by atoms with E-state index in [4.69, 9.17) is 0 Å². The fourth-order valence-corrected chi connectivity index (χ4v) is 3.31. The van der Waals surface area contributed by atoms with Crippen LogP contribution in [-0.2, 0) is 9.59 Å². The predicted octanol–water partition coefficient (Wildman–Crippen LogP) is 2.55. The van der Waals surface area contributed by atoms with Crippen LogP contribution < -0.4 is 10.2 Å². The van der Waals surface area contributed by atoms with Crippen molar-refractivity contribution < 1.29 is 14.4 Å².